The van der Waals surface area contributed by atoms with Crippen LogP contribution in [-0.4, -0.2) is 113 Å². The van der Waals surface area contributed by atoms with E-state index in [0.29, 0.717) is 66.1 Å². The van der Waals surface area contributed by atoms with Gasteiger partial charge in [-0.05, 0) is 12.1 Å². The molecular formula is C28H38O12S. The van der Waals surface area contributed by atoms with Crippen molar-refractivity contribution in [2.24, 2.45) is 0 Å². The van der Waals surface area contributed by atoms with Crippen molar-refractivity contribution in [2.45, 2.75) is 4.90 Å². The maximum absolute atomic E-state index is 11.9. The largest absolute Gasteiger partial charge is 0.457 e. The number of benzene rings is 2. The number of hydrogen-bond acceptors (Lipinski definition) is 12. The minimum absolute atomic E-state index is 0.0153. The molecule has 0 saturated heterocycles. The number of hydrogen-bond donors (Lipinski definition) is 0. The highest BCUT2D eigenvalue weighted by Crippen LogP contribution is 2.10. The van der Waals surface area contributed by atoms with E-state index in [1.165, 1.54) is 12.1 Å². The molecule has 12 nitrogen and oxygen atoms in total. The number of rotatable bonds is 25. The summed E-state index contributed by atoms with van der Waals surface area (Å²) >= 11 is 0. The summed E-state index contributed by atoms with van der Waals surface area (Å²) in [5.74, 6) is -1.59. The molecule has 13 heteroatoms. The lowest BCUT2D eigenvalue weighted by atomic mass is 10.1. The molecule has 0 N–H and O–H groups in total. The molecule has 0 heterocycles. The van der Waals surface area contributed by atoms with Gasteiger partial charge in [0.05, 0.1) is 90.8 Å². The highest BCUT2D eigenvalue weighted by Gasteiger charge is 2.17. The van der Waals surface area contributed by atoms with Crippen LogP contribution in [-0.2, 0) is 52.3 Å². The molecule has 0 saturated carbocycles. The Morgan fingerprint density at radius 2 is 0.854 bits per heavy atom. The molecule has 0 spiro atoms. The second kappa shape index (κ2) is 21.9. The van der Waals surface area contributed by atoms with E-state index in [0.717, 1.165) is 0 Å². The van der Waals surface area contributed by atoms with Gasteiger partial charge in [0.2, 0.25) is 0 Å². The van der Waals surface area contributed by atoms with Crippen LogP contribution < -0.4 is 0 Å². The first-order chi connectivity index (χ1) is 20.0. The Morgan fingerprint density at radius 1 is 0.488 bits per heavy atom. The van der Waals surface area contributed by atoms with Gasteiger partial charge in [-0.3, -0.25) is 8.98 Å². The average Bonchev–Trinajstić information content (AvgIpc) is 3.00. The molecule has 41 heavy (non-hydrogen) atoms. The van der Waals surface area contributed by atoms with Crippen molar-refractivity contribution in [1.82, 2.24) is 0 Å². The number of carbonyl (C=O) groups is 2. The normalized spacial score (nSPS) is 11.4. The van der Waals surface area contributed by atoms with E-state index >= 15 is 0 Å². The van der Waals surface area contributed by atoms with Crippen LogP contribution in [0, 0.1) is 0 Å². The standard InChI is InChI=1S/C28H38O12S/c29-27(25-7-3-1-4-8-25)28(30)39-23-21-37-19-17-35-15-13-33-11-12-34-14-16-36-18-20-38-22-24-40-41(31,32)26-9-5-2-6-10-26/h1-10H,11-24H2. The van der Waals surface area contributed by atoms with Gasteiger partial charge in [-0.2, -0.15) is 8.42 Å². The van der Waals surface area contributed by atoms with Crippen LogP contribution in [0.1, 0.15) is 10.4 Å². The Balaban J connectivity index is 1.25. The molecule has 228 valence electrons. The molecular weight excluding hydrogens is 560 g/mol. The Labute approximate surface area is 240 Å². The van der Waals surface area contributed by atoms with Crippen LogP contribution in [0.4, 0.5) is 0 Å². The van der Waals surface area contributed by atoms with Gasteiger partial charge in [-0.1, -0.05) is 48.5 Å². The van der Waals surface area contributed by atoms with Crippen molar-refractivity contribution in [3.8, 4) is 0 Å². The molecule has 0 aliphatic rings. The number of ether oxygens (including phenoxy) is 7. The fraction of sp³-hybridized carbons (Fsp3) is 0.500. The zero-order valence-electron chi connectivity index (χ0n) is 23.0. The number of Topliss-reactive ketones (excluding diaryl/α,β-unsaturated/α-hetero) is 1. The Bertz CT molecular complexity index is 1060. The first-order valence-electron chi connectivity index (χ1n) is 13.2. The van der Waals surface area contributed by atoms with E-state index in [4.69, 9.17) is 37.3 Å². The third-order valence-corrected chi connectivity index (χ3v) is 6.37. The summed E-state index contributed by atoms with van der Waals surface area (Å²) in [4.78, 5) is 23.7. The van der Waals surface area contributed by atoms with Gasteiger partial charge in [-0.15, -0.1) is 0 Å². The van der Waals surface area contributed by atoms with Crippen LogP contribution in [0.15, 0.2) is 65.6 Å². The Hall–Kier alpha value is -2.75. The van der Waals surface area contributed by atoms with Gasteiger partial charge < -0.3 is 33.2 Å². The summed E-state index contributed by atoms with van der Waals surface area (Å²) in [5.41, 5.74) is 0.286. The lowest BCUT2D eigenvalue weighted by molar-refractivity contribution is -0.139. The molecule has 0 atom stereocenters. The molecule has 0 aromatic heterocycles. The topological polar surface area (TPSA) is 142 Å². The fourth-order valence-electron chi connectivity index (χ4n) is 3.03. The maximum atomic E-state index is 11.9. The zero-order valence-corrected chi connectivity index (χ0v) is 23.8. The molecule has 0 fully saturated rings. The first kappa shape index (κ1) is 34.5. The molecule has 2 rings (SSSR count). The quantitative estimate of drug-likeness (QED) is 0.0542. The van der Waals surface area contributed by atoms with Crippen LogP contribution >= 0.6 is 0 Å². The van der Waals surface area contributed by atoms with Crippen molar-refractivity contribution in [2.75, 3.05) is 92.5 Å². The lowest BCUT2D eigenvalue weighted by Crippen LogP contribution is -2.20. The molecule has 0 aliphatic carbocycles. The van der Waals surface area contributed by atoms with Crippen LogP contribution in [0.3, 0.4) is 0 Å². The number of esters is 1. The highest BCUT2D eigenvalue weighted by atomic mass is 32.2. The SMILES string of the molecule is O=C(OCCOCCOCCOCCOCCOCCOCCOS(=O)(=O)c1ccccc1)C(=O)c1ccccc1. The van der Waals surface area contributed by atoms with E-state index in [2.05, 4.69) is 0 Å². The summed E-state index contributed by atoms with van der Waals surface area (Å²) in [6.45, 7) is 4.01. The predicted molar refractivity (Wildman–Crippen MR) is 146 cm³/mol. The molecule has 2 aromatic carbocycles. The smallest absolute Gasteiger partial charge is 0.379 e. The Morgan fingerprint density at radius 3 is 1.29 bits per heavy atom. The van der Waals surface area contributed by atoms with Gasteiger partial charge in [-0.25, -0.2) is 4.79 Å². The predicted octanol–water partition coefficient (Wildman–Crippen LogP) is 1.92. The summed E-state index contributed by atoms with van der Waals surface area (Å²) in [6, 6.07) is 16.1. The van der Waals surface area contributed by atoms with Crippen LogP contribution in [0.25, 0.3) is 0 Å². The van der Waals surface area contributed by atoms with Crippen LogP contribution in [0.5, 0.6) is 0 Å². The van der Waals surface area contributed by atoms with Crippen molar-refractivity contribution in [3.63, 3.8) is 0 Å². The monoisotopic (exact) mass is 598 g/mol. The number of ketones is 1. The molecule has 0 radical (unpaired) electrons. The van der Waals surface area contributed by atoms with Gasteiger partial charge >= 0.3 is 5.97 Å². The second-order valence-corrected chi connectivity index (χ2v) is 9.71. The molecule has 0 aliphatic heterocycles. The van der Waals surface area contributed by atoms with Crippen molar-refractivity contribution < 1.29 is 55.3 Å². The van der Waals surface area contributed by atoms with Gasteiger partial charge in [0.1, 0.15) is 6.61 Å². The minimum Gasteiger partial charge on any atom is -0.457 e. The Kier molecular flexibility index (Phi) is 18.4. The van der Waals surface area contributed by atoms with Crippen molar-refractivity contribution in [1.29, 1.82) is 0 Å². The van der Waals surface area contributed by atoms with Crippen LogP contribution in [0.2, 0.25) is 0 Å². The van der Waals surface area contributed by atoms with Crippen molar-refractivity contribution >= 4 is 21.9 Å². The van der Waals surface area contributed by atoms with E-state index < -0.39 is 21.9 Å². The van der Waals surface area contributed by atoms with E-state index in [-0.39, 0.29) is 36.9 Å². The molecule has 2 aromatic rings. The van der Waals surface area contributed by atoms with Gasteiger partial charge in [0.15, 0.2) is 0 Å². The second-order valence-electron chi connectivity index (χ2n) is 8.09. The highest BCUT2D eigenvalue weighted by molar-refractivity contribution is 7.86. The molecule has 0 bridgehead atoms. The molecule has 0 amide bonds. The fourth-order valence-corrected chi connectivity index (χ4v) is 3.94. The summed E-state index contributed by atoms with van der Waals surface area (Å²) < 4.78 is 65.8. The third kappa shape index (κ3) is 16.3. The average molecular weight is 599 g/mol. The van der Waals surface area contributed by atoms with E-state index in [1.807, 2.05) is 0 Å². The maximum Gasteiger partial charge on any atom is 0.379 e. The summed E-state index contributed by atoms with van der Waals surface area (Å²) in [7, 11) is -3.77. The molecule has 0 unspecified atom stereocenters. The third-order valence-electron chi connectivity index (χ3n) is 5.04. The summed E-state index contributed by atoms with van der Waals surface area (Å²) in [5, 5.41) is 0. The van der Waals surface area contributed by atoms with Gasteiger partial charge in [0, 0.05) is 5.56 Å². The van der Waals surface area contributed by atoms with Crippen molar-refractivity contribution in [3.05, 3.63) is 66.2 Å². The lowest BCUT2D eigenvalue weighted by Gasteiger charge is -2.09. The number of carbonyl (C=O) groups excluding carboxylic acids is 2. The zero-order chi connectivity index (χ0) is 29.4. The minimum atomic E-state index is -3.77. The van der Waals surface area contributed by atoms with E-state index in [1.54, 1.807) is 48.5 Å². The first-order valence-corrected chi connectivity index (χ1v) is 14.6. The van der Waals surface area contributed by atoms with E-state index in [9.17, 15) is 18.0 Å². The van der Waals surface area contributed by atoms with Gasteiger partial charge in [0.25, 0.3) is 15.9 Å². The summed E-state index contributed by atoms with van der Waals surface area (Å²) in [6.07, 6.45) is 0.